The van der Waals surface area contributed by atoms with Crippen molar-refractivity contribution in [2.24, 2.45) is 19.1 Å². The Balaban J connectivity index is 1.95. The third-order valence-corrected chi connectivity index (χ3v) is 6.37. The van der Waals surface area contributed by atoms with Crippen molar-refractivity contribution in [3.05, 3.63) is 102 Å². The molecule has 1 aromatic heterocycles. The highest BCUT2D eigenvalue weighted by Gasteiger charge is 2.42. The van der Waals surface area contributed by atoms with Crippen LogP contribution in [0.3, 0.4) is 0 Å². The number of allylic oxidation sites excluding steroid dienone is 1. The molecular formula is C24H18BrN3O4. The van der Waals surface area contributed by atoms with Gasteiger partial charge in [0.05, 0.1) is 11.3 Å². The highest BCUT2D eigenvalue weighted by Crippen LogP contribution is 2.48. The fourth-order valence-corrected chi connectivity index (χ4v) is 4.68. The maximum atomic E-state index is 13.4. The molecule has 0 amide bonds. The standard InChI is InChI=1S/C24H18BrN3O4/c1-12(29)32-21-16-7-5-4-6-15(16)20-18(21)17(13-8-10-14(25)11-9-13)19-22(26-20)27(2)24(31)28(3)23(19)30/h4-11,17H,1-3H3/t17-/m0/s1. The normalized spacial score (nSPS) is 16.2. The van der Waals surface area contributed by atoms with E-state index < -0.39 is 23.1 Å². The average molecular weight is 492 g/mol. The average Bonchev–Trinajstić information content (AvgIpc) is 3.08. The van der Waals surface area contributed by atoms with Crippen LogP contribution in [0.4, 0.5) is 5.82 Å². The molecule has 1 aliphatic heterocycles. The van der Waals surface area contributed by atoms with Crippen molar-refractivity contribution in [2.75, 3.05) is 0 Å². The van der Waals surface area contributed by atoms with Crippen LogP contribution in [0.25, 0.3) is 5.76 Å². The van der Waals surface area contributed by atoms with Gasteiger partial charge in [-0.15, -0.1) is 0 Å². The van der Waals surface area contributed by atoms with Crippen molar-refractivity contribution < 1.29 is 9.53 Å². The predicted molar refractivity (Wildman–Crippen MR) is 124 cm³/mol. The van der Waals surface area contributed by atoms with Gasteiger partial charge in [-0.2, -0.15) is 0 Å². The van der Waals surface area contributed by atoms with E-state index >= 15 is 0 Å². The molecule has 0 bridgehead atoms. The molecular weight excluding hydrogens is 474 g/mol. The van der Waals surface area contributed by atoms with E-state index in [9.17, 15) is 14.4 Å². The van der Waals surface area contributed by atoms with E-state index in [1.54, 1.807) is 7.05 Å². The van der Waals surface area contributed by atoms with Crippen molar-refractivity contribution in [2.45, 2.75) is 12.8 Å². The van der Waals surface area contributed by atoms with Gasteiger partial charge in [0.2, 0.25) is 0 Å². The quantitative estimate of drug-likeness (QED) is 0.514. The van der Waals surface area contributed by atoms with Crippen molar-refractivity contribution in [3.8, 4) is 0 Å². The van der Waals surface area contributed by atoms with E-state index in [1.165, 1.54) is 18.5 Å². The number of nitrogens with zero attached hydrogens (tertiary/aromatic N) is 3. The van der Waals surface area contributed by atoms with Crippen LogP contribution in [0, 0.1) is 0 Å². The number of carbonyl (C=O) groups is 1. The van der Waals surface area contributed by atoms with Crippen LogP contribution in [0.5, 0.6) is 0 Å². The van der Waals surface area contributed by atoms with Gasteiger partial charge in [-0.3, -0.25) is 18.7 Å². The van der Waals surface area contributed by atoms with Gasteiger partial charge in [-0.05, 0) is 17.7 Å². The first-order valence-corrected chi connectivity index (χ1v) is 10.8. The number of hydrogen-bond acceptors (Lipinski definition) is 5. The molecule has 160 valence electrons. The van der Waals surface area contributed by atoms with Crippen LogP contribution >= 0.6 is 15.9 Å². The molecule has 2 heterocycles. The van der Waals surface area contributed by atoms with Crippen molar-refractivity contribution in [1.82, 2.24) is 9.13 Å². The molecule has 0 radical (unpaired) electrons. The van der Waals surface area contributed by atoms with Gasteiger partial charge in [0, 0.05) is 48.1 Å². The van der Waals surface area contributed by atoms with Crippen molar-refractivity contribution >= 4 is 39.2 Å². The number of benzene rings is 2. The molecule has 0 saturated carbocycles. The summed E-state index contributed by atoms with van der Waals surface area (Å²) in [4.78, 5) is 42.8. The fraction of sp³-hybridized carbons (Fsp3) is 0.167. The summed E-state index contributed by atoms with van der Waals surface area (Å²) in [5.74, 6) is -0.333. The van der Waals surface area contributed by atoms with Gasteiger partial charge in [0.1, 0.15) is 11.6 Å². The number of ether oxygens (including phenoxy) is 1. The molecule has 0 saturated heterocycles. The summed E-state index contributed by atoms with van der Waals surface area (Å²) < 4.78 is 9.06. The molecule has 0 unspecified atom stereocenters. The van der Waals surface area contributed by atoms with Crippen LogP contribution in [-0.4, -0.2) is 20.8 Å². The Morgan fingerprint density at radius 3 is 2.31 bits per heavy atom. The monoisotopic (exact) mass is 491 g/mol. The zero-order valence-corrected chi connectivity index (χ0v) is 19.1. The molecule has 1 atom stereocenters. The molecule has 3 aromatic rings. The summed E-state index contributed by atoms with van der Waals surface area (Å²) in [6, 6.07) is 15.1. The lowest BCUT2D eigenvalue weighted by Gasteiger charge is -2.27. The minimum Gasteiger partial charge on any atom is -0.426 e. The second kappa shape index (κ2) is 7.27. The maximum absolute atomic E-state index is 13.4. The van der Waals surface area contributed by atoms with E-state index in [2.05, 4.69) is 15.9 Å². The Labute approximate surface area is 191 Å². The number of aliphatic imine (C=N–C) groups is 1. The maximum Gasteiger partial charge on any atom is 0.332 e. The Morgan fingerprint density at radius 1 is 1.00 bits per heavy atom. The highest BCUT2D eigenvalue weighted by molar-refractivity contribution is 9.10. The van der Waals surface area contributed by atoms with Gasteiger partial charge in [-0.1, -0.05) is 52.3 Å². The topological polar surface area (TPSA) is 82.7 Å². The number of carbonyl (C=O) groups excluding carboxylic acids is 1. The third kappa shape index (κ3) is 2.86. The summed E-state index contributed by atoms with van der Waals surface area (Å²) in [6.45, 7) is 1.35. The SMILES string of the molecule is CC(=O)OC1=C2C(=Nc3c(c(=O)n(C)c(=O)n3C)[C@H]2c2ccc(Br)cc2)c2ccccc21. The summed E-state index contributed by atoms with van der Waals surface area (Å²) >= 11 is 3.46. The summed E-state index contributed by atoms with van der Waals surface area (Å²) in [5.41, 5.74) is 3.08. The largest absolute Gasteiger partial charge is 0.426 e. The van der Waals surface area contributed by atoms with E-state index in [1.807, 2.05) is 48.5 Å². The van der Waals surface area contributed by atoms with Gasteiger partial charge in [0.25, 0.3) is 5.56 Å². The van der Waals surface area contributed by atoms with E-state index in [0.29, 0.717) is 28.4 Å². The Bertz CT molecular complexity index is 1490. The van der Waals surface area contributed by atoms with Crippen LogP contribution < -0.4 is 11.2 Å². The molecule has 0 fully saturated rings. The van der Waals surface area contributed by atoms with Gasteiger partial charge >= 0.3 is 11.7 Å². The van der Waals surface area contributed by atoms with Gasteiger partial charge in [0.15, 0.2) is 0 Å². The lowest BCUT2D eigenvalue weighted by molar-refractivity contribution is -0.134. The molecule has 8 heteroatoms. The molecule has 1 aliphatic carbocycles. The van der Waals surface area contributed by atoms with Crippen LogP contribution in [0.2, 0.25) is 0 Å². The first-order valence-electron chi connectivity index (χ1n) is 9.96. The molecule has 0 N–H and O–H groups in total. The second-order valence-corrected chi connectivity index (χ2v) is 8.69. The summed E-state index contributed by atoms with van der Waals surface area (Å²) in [5, 5.41) is 0. The van der Waals surface area contributed by atoms with Gasteiger partial charge in [-0.25, -0.2) is 9.79 Å². The van der Waals surface area contributed by atoms with Crippen molar-refractivity contribution in [3.63, 3.8) is 0 Å². The fourth-order valence-electron chi connectivity index (χ4n) is 4.41. The van der Waals surface area contributed by atoms with E-state index in [4.69, 9.17) is 9.73 Å². The lowest BCUT2D eigenvalue weighted by Crippen LogP contribution is -2.41. The minimum atomic E-state index is -0.571. The molecule has 2 aliphatic rings. The first kappa shape index (κ1) is 20.4. The summed E-state index contributed by atoms with van der Waals surface area (Å²) in [6.07, 6.45) is 0. The highest BCUT2D eigenvalue weighted by atomic mass is 79.9. The predicted octanol–water partition coefficient (Wildman–Crippen LogP) is 3.40. The van der Waals surface area contributed by atoms with Gasteiger partial charge < -0.3 is 4.74 Å². The second-order valence-electron chi connectivity index (χ2n) is 7.77. The lowest BCUT2D eigenvalue weighted by atomic mass is 9.81. The Hall–Kier alpha value is -3.52. The van der Waals surface area contributed by atoms with E-state index in [-0.39, 0.29) is 0 Å². The van der Waals surface area contributed by atoms with Crippen LogP contribution in [-0.2, 0) is 23.6 Å². The molecule has 32 heavy (non-hydrogen) atoms. The summed E-state index contributed by atoms with van der Waals surface area (Å²) in [7, 11) is 3.05. The number of esters is 1. The van der Waals surface area contributed by atoms with Crippen LogP contribution in [0.1, 0.15) is 35.1 Å². The minimum absolute atomic E-state index is 0.309. The molecule has 5 rings (SSSR count). The van der Waals surface area contributed by atoms with Crippen molar-refractivity contribution in [1.29, 1.82) is 0 Å². The van der Waals surface area contributed by atoms with E-state index in [0.717, 1.165) is 25.7 Å². The number of aromatic nitrogens is 2. The Morgan fingerprint density at radius 2 is 1.66 bits per heavy atom. The molecule has 2 aromatic carbocycles. The first-order chi connectivity index (χ1) is 15.3. The smallest absolute Gasteiger partial charge is 0.332 e. The number of fused-ring (bicyclic) bond motifs is 4. The number of halogens is 1. The number of hydrogen-bond donors (Lipinski definition) is 0. The molecule has 0 spiro atoms. The zero-order chi connectivity index (χ0) is 22.7. The number of rotatable bonds is 2. The Kier molecular flexibility index (Phi) is 4.63. The molecule has 7 nitrogen and oxygen atoms in total. The zero-order valence-electron chi connectivity index (χ0n) is 17.5. The van der Waals surface area contributed by atoms with Crippen LogP contribution in [0.15, 0.2) is 73.2 Å². The third-order valence-electron chi connectivity index (χ3n) is 5.84.